The Hall–Kier alpha value is -2.38. The van der Waals surface area contributed by atoms with Crippen molar-refractivity contribution in [3.63, 3.8) is 0 Å². The molecule has 0 aromatic heterocycles. The fourth-order valence-corrected chi connectivity index (χ4v) is 0.489. The molecule has 88 valence electrons. The molecule has 0 spiro atoms. The average molecular weight is 231 g/mol. The number of rotatable bonds is 2. The maximum Gasteiger partial charge on any atom is 0.424 e. The Kier molecular flexibility index (Phi) is 5.95. The van der Waals surface area contributed by atoms with Crippen molar-refractivity contribution in [3.8, 4) is 0 Å². The molecule has 8 nitrogen and oxygen atoms in total. The van der Waals surface area contributed by atoms with Crippen LogP contribution in [0.25, 0.3) is 0 Å². The van der Waals surface area contributed by atoms with E-state index in [9.17, 15) is 19.2 Å². The number of carbonyl (C=O) groups is 4. The first kappa shape index (κ1) is 13.6. The summed E-state index contributed by atoms with van der Waals surface area (Å²) in [5.41, 5.74) is 0. The van der Waals surface area contributed by atoms with E-state index in [1.807, 2.05) is 0 Å². The lowest BCUT2D eigenvalue weighted by atomic mass is 10.5. The van der Waals surface area contributed by atoms with Crippen LogP contribution in [0.2, 0.25) is 0 Å². The van der Waals surface area contributed by atoms with Gasteiger partial charge >= 0.3 is 24.1 Å². The first-order chi connectivity index (χ1) is 7.49. The first-order valence-electron chi connectivity index (χ1n) is 3.86. The van der Waals surface area contributed by atoms with E-state index >= 15 is 0 Å². The fraction of sp³-hybridized carbons (Fsp3) is 0.250. The molecule has 1 N–H and O–H groups in total. The molecule has 0 aliphatic rings. The third-order valence-corrected chi connectivity index (χ3v) is 1.14. The van der Waals surface area contributed by atoms with Crippen LogP contribution in [0.3, 0.4) is 0 Å². The van der Waals surface area contributed by atoms with Crippen LogP contribution < -0.4 is 5.32 Å². The maximum absolute atomic E-state index is 10.8. The van der Waals surface area contributed by atoms with Crippen LogP contribution in [-0.2, 0) is 23.8 Å². The zero-order chi connectivity index (χ0) is 12.6. The molecule has 0 fully saturated rings. The number of hydrogen-bond donors (Lipinski definition) is 1. The van der Waals surface area contributed by atoms with Crippen LogP contribution in [0.15, 0.2) is 12.2 Å². The Morgan fingerprint density at radius 1 is 0.875 bits per heavy atom. The van der Waals surface area contributed by atoms with E-state index in [4.69, 9.17) is 0 Å². The molecule has 16 heavy (non-hydrogen) atoms. The topological polar surface area (TPSA) is 108 Å². The summed E-state index contributed by atoms with van der Waals surface area (Å²) in [4.78, 5) is 42.6. The third-order valence-electron chi connectivity index (χ3n) is 1.14. The number of esters is 2. The summed E-state index contributed by atoms with van der Waals surface area (Å²) < 4.78 is 12.3. The van der Waals surface area contributed by atoms with Gasteiger partial charge in [-0.05, 0) is 0 Å². The number of methoxy groups -OCH3 is 2. The highest BCUT2D eigenvalue weighted by Gasteiger charge is 2.11. The minimum Gasteiger partial charge on any atom is -0.466 e. The van der Waals surface area contributed by atoms with E-state index in [0.29, 0.717) is 6.08 Å². The quantitative estimate of drug-likeness (QED) is 0.301. The van der Waals surface area contributed by atoms with Gasteiger partial charge in [0, 0.05) is 12.2 Å². The summed E-state index contributed by atoms with van der Waals surface area (Å²) in [5, 5.41) is 1.57. The fourth-order valence-electron chi connectivity index (χ4n) is 0.489. The van der Waals surface area contributed by atoms with Gasteiger partial charge in [0.15, 0.2) is 0 Å². The van der Waals surface area contributed by atoms with Gasteiger partial charge in [-0.15, -0.1) is 0 Å². The molecule has 0 saturated carbocycles. The van der Waals surface area contributed by atoms with Crippen molar-refractivity contribution < 1.29 is 33.4 Å². The van der Waals surface area contributed by atoms with Gasteiger partial charge < -0.3 is 14.2 Å². The van der Waals surface area contributed by atoms with Crippen LogP contribution >= 0.6 is 0 Å². The summed E-state index contributed by atoms with van der Waals surface area (Å²) in [6, 6.07) is 0. The lowest BCUT2D eigenvalue weighted by Crippen LogP contribution is -2.32. The lowest BCUT2D eigenvalue weighted by molar-refractivity contribution is -0.136. The highest BCUT2D eigenvalue weighted by Crippen LogP contribution is 1.86. The van der Waals surface area contributed by atoms with E-state index < -0.39 is 24.1 Å². The van der Waals surface area contributed by atoms with Crippen molar-refractivity contribution in [1.29, 1.82) is 0 Å². The molecular formula is C8H9NO7. The number of hydrogen-bond acceptors (Lipinski definition) is 7. The van der Waals surface area contributed by atoms with Crippen LogP contribution in [-0.4, -0.2) is 38.3 Å². The minimum atomic E-state index is -1.31. The second kappa shape index (κ2) is 6.98. The molecule has 0 rings (SSSR count). The number of imide groups is 1. The first-order valence-corrected chi connectivity index (χ1v) is 3.86. The standard InChI is InChI=1S/C8H9NO7/c1-14-5(10)3-4-6(11)16-8(13)9-7(12)15-2/h3-4H,1-2H3,(H,9,12,13)/b4-3+. The highest BCUT2D eigenvalue weighted by molar-refractivity contribution is 5.99. The molecule has 0 atom stereocenters. The molecule has 2 amide bonds. The molecule has 8 heteroatoms. The number of ether oxygens (including phenoxy) is 3. The Bertz CT molecular complexity index is 333. The maximum atomic E-state index is 10.8. The monoisotopic (exact) mass is 231 g/mol. The molecule has 0 radical (unpaired) electrons. The summed E-state index contributed by atoms with van der Waals surface area (Å²) in [5.74, 6) is -1.92. The summed E-state index contributed by atoms with van der Waals surface area (Å²) in [7, 11) is 2.14. The Morgan fingerprint density at radius 3 is 1.94 bits per heavy atom. The van der Waals surface area contributed by atoms with Crippen LogP contribution in [0.5, 0.6) is 0 Å². The van der Waals surface area contributed by atoms with E-state index in [1.54, 1.807) is 5.32 Å². The van der Waals surface area contributed by atoms with Crippen molar-refractivity contribution in [2.24, 2.45) is 0 Å². The van der Waals surface area contributed by atoms with Crippen molar-refractivity contribution >= 4 is 24.1 Å². The predicted octanol–water partition coefficient (Wildman–Crippen LogP) is -0.265. The Labute approximate surface area is 90.1 Å². The summed E-state index contributed by atoms with van der Waals surface area (Å²) in [6.07, 6.45) is -0.961. The molecule has 0 aliphatic carbocycles. The molecule has 0 aliphatic heterocycles. The van der Waals surface area contributed by atoms with Crippen molar-refractivity contribution in [3.05, 3.63) is 12.2 Å². The smallest absolute Gasteiger partial charge is 0.424 e. The van der Waals surface area contributed by atoms with Crippen molar-refractivity contribution in [2.45, 2.75) is 0 Å². The van der Waals surface area contributed by atoms with E-state index in [-0.39, 0.29) is 0 Å². The van der Waals surface area contributed by atoms with Gasteiger partial charge in [-0.3, -0.25) is 0 Å². The molecule has 0 aromatic carbocycles. The minimum absolute atomic E-state index is 0.669. The van der Waals surface area contributed by atoms with E-state index in [2.05, 4.69) is 14.2 Å². The van der Waals surface area contributed by atoms with Crippen molar-refractivity contribution in [2.75, 3.05) is 14.2 Å². The van der Waals surface area contributed by atoms with Gasteiger partial charge in [-0.2, -0.15) is 0 Å². The van der Waals surface area contributed by atoms with Crippen LogP contribution in [0.1, 0.15) is 0 Å². The summed E-state index contributed by atoms with van der Waals surface area (Å²) in [6.45, 7) is 0. The number of carbonyl (C=O) groups excluding carboxylic acids is 4. The zero-order valence-electron chi connectivity index (χ0n) is 8.51. The molecule has 0 saturated heterocycles. The van der Waals surface area contributed by atoms with Crippen LogP contribution in [0.4, 0.5) is 9.59 Å². The molecule has 0 unspecified atom stereocenters. The van der Waals surface area contributed by atoms with Crippen LogP contribution in [0, 0.1) is 0 Å². The van der Waals surface area contributed by atoms with Gasteiger partial charge in [0.25, 0.3) is 0 Å². The molecule has 0 bridgehead atoms. The zero-order valence-corrected chi connectivity index (χ0v) is 8.51. The van der Waals surface area contributed by atoms with Gasteiger partial charge in [0.05, 0.1) is 14.2 Å². The van der Waals surface area contributed by atoms with Gasteiger partial charge in [-0.1, -0.05) is 0 Å². The van der Waals surface area contributed by atoms with Gasteiger partial charge in [0.2, 0.25) is 0 Å². The second-order valence-electron chi connectivity index (χ2n) is 2.18. The van der Waals surface area contributed by atoms with E-state index in [1.165, 1.54) is 0 Å². The predicted molar refractivity (Wildman–Crippen MR) is 48.2 cm³/mol. The molecule has 0 aromatic rings. The second-order valence-corrected chi connectivity index (χ2v) is 2.18. The van der Waals surface area contributed by atoms with Crippen molar-refractivity contribution in [1.82, 2.24) is 5.32 Å². The molecule has 0 heterocycles. The summed E-state index contributed by atoms with van der Waals surface area (Å²) >= 11 is 0. The van der Waals surface area contributed by atoms with Gasteiger partial charge in [0.1, 0.15) is 0 Å². The SMILES string of the molecule is COC(=O)/C=C/C(=O)OC(=O)NC(=O)OC. The molecular weight excluding hydrogens is 222 g/mol. The largest absolute Gasteiger partial charge is 0.466 e. The lowest BCUT2D eigenvalue weighted by Gasteiger charge is -2.00. The van der Waals surface area contributed by atoms with Gasteiger partial charge in [-0.25, -0.2) is 24.5 Å². The average Bonchev–Trinajstić information content (AvgIpc) is 2.25. The Morgan fingerprint density at radius 2 is 1.44 bits per heavy atom. The highest BCUT2D eigenvalue weighted by atomic mass is 16.6. The Balaban J connectivity index is 4.06. The number of nitrogens with one attached hydrogen (secondary N) is 1. The number of alkyl carbamates (subject to hydrolysis) is 2. The normalized spacial score (nSPS) is 9.38. The van der Waals surface area contributed by atoms with E-state index in [0.717, 1.165) is 20.3 Å². The number of amides is 2. The third kappa shape index (κ3) is 6.13.